The second-order valence-corrected chi connectivity index (χ2v) is 7.84. The van der Waals surface area contributed by atoms with Crippen LogP contribution in [0.2, 0.25) is 0 Å². The van der Waals surface area contributed by atoms with E-state index < -0.39 is 0 Å². The van der Waals surface area contributed by atoms with Crippen molar-refractivity contribution in [3.63, 3.8) is 0 Å². The first-order valence-corrected chi connectivity index (χ1v) is 11.0. The molecule has 164 valence electrons. The Balaban J connectivity index is 1.29. The van der Waals surface area contributed by atoms with E-state index >= 15 is 0 Å². The zero-order valence-electron chi connectivity index (χ0n) is 18.3. The topological polar surface area (TPSA) is 69.0 Å². The molecule has 0 saturated heterocycles. The Morgan fingerprint density at radius 1 is 1.03 bits per heavy atom. The second kappa shape index (κ2) is 10.7. The third kappa shape index (κ3) is 5.59. The van der Waals surface area contributed by atoms with Crippen molar-refractivity contribution in [3.8, 4) is 5.75 Å². The van der Waals surface area contributed by atoms with E-state index in [1.165, 1.54) is 11.1 Å². The molecule has 0 aliphatic carbocycles. The van der Waals surface area contributed by atoms with Gasteiger partial charge in [0, 0.05) is 49.3 Å². The molecular weight excluding hydrogens is 400 g/mol. The Hall–Kier alpha value is -3.51. The van der Waals surface area contributed by atoms with Gasteiger partial charge in [0.15, 0.2) is 0 Å². The van der Waals surface area contributed by atoms with Crippen molar-refractivity contribution in [1.82, 2.24) is 19.9 Å². The molecule has 0 radical (unpaired) electrons. The van der Waals surface area contributed by atoms with Crippen LogP contribution in [-0.4, -0.2) is 27.7 Å². The molecule has 0 aliphatic rings. The van der Waals surface area contributed by atoms with Gasteiger partial charge in [-0.3, -0.25) is 14.8 Å². The summed E-state index contributed by atoms with van der Waals surface area (Å²) in [4.78, 5) is 20.1. The van der Waals surface area contributed by atoms with Gasteiger partial charge in [0.1, 0.15) is 5.75 Å². The number of nitrogens with zero attached hydrogens (tertiary/aromatic N) is 3. The van der Waals surface area contributed by atoms with Crippen molar-refractivity contribution in [2.45, 2.75) is 25.3 Å². The standard InChI is InChI=1S/C26H28N4O2/c1-30-25-9-7-23(18-22(25)6-10-26(30)31)32-17-3-14-29-24(21-11-15-27-16-12-21)8-5-20-4-2-13-28-19-20/h2,4,6-7,9-13,15-16,18-19,24,29H,3,5,8,14,17H2,1H3. The van der Waals surface area contributed by atoms with Crippen LogP contribution < -0.4 is 15.6 Å². The first kappa shape index (κ1) is 21.7. The van der Waals surface area contributed by atoms with Gasteiger partial charge >= 0.3 is 0 Å². The maximum atomic E-state index is 11.8. The zero-order valence-corrected chi connectivity index (χ0v) is 18.3. The second-order valence-electron chi connectivity index (χ2n) is 7.84. The number of hydrogen-bond acceptors (Lipinski definition) is 5. The summed E-state index contributed by atoms with van der Waals surface area (Å²) in [6.45, 7) is 1.47. The predicted molar refractivity (Wildman–Crippen MR) is 127 cm³/mol. The largest absolute Gasteiger partial charge is 0.494 e. The van der Waals surface area contributed by atoms with Crippen molar-refractivity contribution in [3.05, 3.63) is 101 Å². The van der Waals surface area contributed by atoms with Gasteiger partial charge in [-0.05, 0) is 79.4 Å². The predicted octanol–water partition coefficient (Wildman–Crippen LogP) is 4.06. The van der Waals surface area contributed by atoms with Gasteiger partial charge in [-0.25, -0.2) is 0 Å². The Morgan fingerprint density at radius 2 is 1.91 bits per heavy atom. The molecule has 0 bridgehead atoms. The van der Waals surface area contributed by atoms with E-state index in [0.717, 1.165) is 42.5 Å². The number of fused-ring (bicyclic) bond motifs is 1. The highest BCUT2D eigenvalue weighted by molar-refractivity contribution is 5.80. The van der Waals surface area contributed by atoms with Crippen molar-refractivity contribution >= 4 is 10.9 Å². The van der Waals surface area contributed by atoms with Crippen LogP contribution in [0.25, 0.3) is 10.9 Å². The number of aromatic nitrogens is 3. The van der Waals surface area contributed by atoms with Crippen LogP contribution in [0.4, 0.5) is 0 Å². The van der Waals surface area contributed by atoms with Crippen molar-refractivity contribution in [2.75, 3.05) is 13.2 Å². The molecule has 1 N–H and O–H groups in total. The van der Waals surface area contributed by atoms with E-state index in [0.29, 0.717) is 6.61 Å². The fourth-order valence-corrected chi connectivity index (χ4v) is 3.83. The Bertz CT molecular complexity index is 1190. The molecule has 0 aliphatic heterocycles. The van der Waals surface area contributed by atoms with E-state index in [9.17, 15) is 4.79 Å². The molecule has 32 heavy (non-hydrogen) atoms. The third-order valence-electron chi connectivity index (χ3n) is 5.63. The summed E-state index contributed by atoms with van der Waals surface area (Å²) < 4.78 is 7.60. The maximum absolute atomic E-state index is 11.8. The highest BCUT2D eigenvalue weighted by Gasteiger charge is 2.11. The summed E-state index contributed by atoms with van der Waals surface area (Å²) in [6, 6.07) is 17.7. The van der Waals surface area contributed by atoms with E-state index in [1.807, 2.05) is 48.9 Å². The molecule has 3 aromatic heterocycles. The number of aryl methyl sites for hydroxylation is 2. The number of nitrogens with one attached hydrogen (secondary N) is 1. The molecular formula is C26H28N4O2. The van der Waals surface area contributed by atoms with Crippen LogP contribution in [0.1, 0.15) is 30.0 Å². The van der Waals surface area contributed by atoms with Gasteiger partial charge < -0.3 is 14.6 Å². The van der Waals surface area contributed by atoms with Gasteiger partial charge in [-0.15, -0.1) is 0 Å². The lowest BCUT2D eigenvalue weighted by atomic mass is 10.0. The summed E-state index contributed by atoms with van der Waals surface area (Å²) >= 11 is 0. The quantitative estimate of drug-likeness (QED) is 0.386. The van der Waals surface area contributed by atoms with Crippen molar-refractivity contribution < 1.29 is 4.74 Å². The van der Waals surface area contributed by atoms with E-state index in [-0.39, 0.29) is 11.6 Å². The number of benzene rings is 1. The minimum Gasteiger partial charge on any atom is -0.494 e. The molecule has 1 unspecified atom stereocenters. The summed E-state index contributed by atoms with van der Waals surface area (Å²) in [5.41, 5.74) is 3.38. The van der Waals surface area contributed by atoms with E-state index in [1.54, 1.807) is 23.9 Å². The number of ether oxygens (including phenoxy) is 1. The Morgan fingerprint density at radius 3 is 2.72 bits per heavy atom. The Labute approximate surface area is 187 Å². The lowest BCUT2D eigenvalue weighted by Gasteiger charge is -2.19. The van der Waals surface area contributed by atoms with Gasteiger partial charge in [0.05, 0.1) is 12.1 Å². The molecule has 1 atom stereocenters. The molecule has 0 spiro atoms. The first-order chi connectivity index (χ1) is 15.7. The van der Waals surface area contributed by atoms with Crippen LogP contribution in [0.3, 0.4) is 0 Å². The summed E-state index contributed by atoms with van der Waals surface area (Å²) in [5.74, 6) is 0.818. The molecule has 0 fully saturated rings. The third-order valence-corrected chi connectivity index (χ3v) is 5.63. The highest BCUT2D eigenvalue weighted by atomic mass is 16.5. The van der Waals surface area contributed by atoms with Gasteiger partial charge in [-0.2, -0.15) is 0 Å². The average Bonchev–Trinajstić information content (AvgIpc) is 2.84. The molecule has 0 saturated carbocycles. The number of hydrogen-bond donors (Lipinski definition) is 1. The monoisotopic (exact) mass is 428 g/mol. The van der Waals surface area contributed by atoms with Crippen LogP contribution in [0.5, 0.6) is 5.75 Å². The van der Waals surface area contributed by atoms with E-state index in [4.69, 9.17) is 4.74 Å². The maximum Gasteiger partial charge on any atom is 0.250 e. The number of pyridine rings is 3. The average molecular weight is 429 g/mol. The fourth-order valence-electron chi connectivity index (χ4n) is 3.83. The molecule has 6 nitrogen and oxygen atoms in total. The molecule has 6 heteroatoms. The fraction of sp³-hybridized carbons (Fsp3) is 0.269. The van der Waals surface area contributed by atoms with Crippen LogP contribution in [0.15, 0.2) is 84.2 Å². The van der Waals surface area contributed by atoms with Crippen LogP contribution in [-0.2, 0) is 13.5 Å². The summed E-state index contributed by atoms with van der Waals surface area (Å²) in [6.07, 6.45) is 10.3. The SMILES string of the molecule is Cn1c(=O)ccc2cc(OCCCNC(CCc3cccnc3)c3ccncc3)ccc21. The minimum atomic E-state index is -0.00970. The smallest absolute Gasteiger partial charge is 0.250 e. The van der Waals surface area contributed by atoms with Crippen LogP contribution in [0, 0.1) is 0 Å². The van der Waals surface area contributed by atoms with E-state index in [2.05, 4.69) is 33.5 Å². The summed E-state index contributed by atoms with van der Waals surface area (Å²) in [7, 11) is 1.78. The molecule has 4 aromatic rings. The van der Waals surface area contributed by atoms with Gasteiger partial charge in [0.2, 0.25) is 0 Å². The minimum absolute atomic E-state index is 0.00970. The molecule has 3 heterocycles. The van der Waals surface area contributed by atoms with Crippen LogP contribution >= 0.6 is 0 Å². The summed E-state index contributed by atoms with van der Waals surface area (Å²) in [5, 5.41) is 4.67. The molecule has 1 aromatic carbocycles. The zero-order chi connectivity index (χ0) is 22.2. The van der Waals surface area contributed by atoms with Crippen molar-refractivity contribution in [2.24, 2.45) is 7.05 Å². The van der Waals surface area contributed by atoms with Gasteiger partial charge in [0.25, 0.3) is 5.56 Å². The number of rotatable bonds is 10. The lowest BCUT2D eigenvalue weighted by Crippen LogP contribution is -2.24. The Kier molecular flexibility index (Phi) is 7.25. The van der Waals surface area contributed by atoms with Gasteiger partial charge in [-0.1, -0.05) is 6.07 Å². The first-order valence-electron chi connectivity index (χ1n) is 11.0. The lowest BCUT2D eigenvalue weighted by molar-refractivity contribution is 0.304. The molecule has 0 amide bonds. The van der Waals surface area contributed by atoms with Crippen molar-refractivity contribution in [1.29, 1.82) is 0 Å². The highest BCUT2D eigenvalue weighted by Crippen LogP contribution is 2.20. The molecule has 4 rings (SSSR count). The normalized spacial score (nSPS) is 12.0.